The van der Waals surface area contributed by atoms with Crippen molar-refractivity contribution in [2.45, 2.75) is 39.3 Å². The molecule has 5 heteroatoms. The van der Waals surface area contributed by atoms with Gasteiger partial charge in [-0.15, -0.1) is 0 Å². The van der Waals surface area contributed by atoms with Gasteiger partial charge in [0.1, 0.15) is 11.6 Å². The average molecular weight is 301 g/mol. The van der Waals surface area contributed by atoms with Crippen molar-refractivity contribution in [3.05, 3.63) is 48.0 Å². The van der Waals surface area contributed by atoms with Gasteiger partial charge in [0.25, 0.3) is 0 Å². The lowest BCUT2D eigenvalue weighted by Gasteiger charge is -2.15. The number of rotatable bonds is 7. The second-order valence-electron chi connectivity index (χ2n) is 5.21. The highest BCUT2D eigenvalue weighted by molar-refractivity contribution is 5.76. The van der Waals surface area contributed by atoms with Crippen molar-refractivity contribution in [3.8, 4) is 5.75 Å². The summed E-state index contributed by atoms with van der Waals surface area (Å²) >= 11 is 0. The number of aromatic nitrogens is 2. The number of nitrogens with zero attached hydrogens (tertiary/aromatic N) is 2. The topological polar surface area (TPSA) is 56.2 Å². The lowest BCUT2D eigenvalue weighted by molar-refractivity contribution is -0.121. The molecule has 1 heterocycles. The first kappa shape index (κ1) is 16.1. The van der Waals surface area contributed by atoms with E-state index in [2.05, 4.69) is 17.2 Å². The number of ether oxygens (including phenoxy) is 1. The van der Waals surface area contributed by atoms with E-state index in [1.807, 2.05) is 42.0 Å². The number of imidazole rings is 1. The van der Waals surface area contributed by atoms with Gasteiger partial charge >= 0.3 is 0 Å². The van der Waals surface area contributed by atoms with Crippen molar-refractivity contribution < 1.29 is 9.53 Å². The van der Waals surface area contributed by atoms with Crippen LogP contribution in [0.4, 0.5) is 0 Å². The smallest absolute Gasteiger partial charge is 0.222 e. The lowest BCUT2D eigenvalue weighted by atomic mass is 10.1. The highest BCUT2D eigenvalue weighted by Gasteiger charge is 2.11. The maximum Gasteiger partial charge on any atom is 0.222 e. The SMILES string of the molecule is CCc1nccn1CCC(=O)N[C@H](C)c1cccc(OC)c1. The van der Waals surface area contributed by atoms with Crippen LogP contribution in [0.1, 0.15) is 37.7 Å². The van der Waals surface area contributed by atoms with E-state index in [9.17, 15) is 4.79 Å². The summed E-state index contributed by atoms with van der Waals surface area (Å²) in [6.07, 6.45) is 5.00. The molecule has 0 unspecified atom stereocenters. The Labute approximate surface area is 131 Å². The van der Waals surface area contributed by atoms with E-state index in [1.165, 1.54) is 0 Å². The molecule has 1 aromatic heterocycles. The minimum absolute atomic E-state index is 0.0334. The first-order valence-corrected chi connectivity index (χ1v) is 7.57. The van der Waals surface area contributed by atoms with Gasteiger partial charge in [-0.2, -0.15) is 0 Å². The molecule has 1 amide bonds. The van der Waals surface area contributed by atoms with Crippen LogP contribution in [-0.4, -0.2) is 22.6 Å². The molecule has 0 aliphatic carbocycles. The summed E-state index contributed by atoms with van der Waals surface area (Å²) in [5.41, 5.74) is 1.03. The summed E-state index contributed by atoms with van der Waals surface area (Å²) in [5.74, 6) is 1.84. The predicted octanol–water partition coefficient (Wildman–Crippen LogP) is 2.72. The summed E-state index contributed by atoms with van der Waals surface area (Å²) in [4.78, 5) is 16.4. The Balaban J connectivity index is 1.88. The van der Waals surface area contributed by atoms with Crippen LogP contribution in [0.25, 0.3) is 0 Å². The molecule has 2 rings (SSSR count). The molecule has 118 valence electrons. The number of hydrogen-bond donors (Lipinski definition) is 1. The van der Waals surface area contributed by atoms with Crippen LogP contribution in [0.2, 0.25) is 0 Å². The van der Waals surface area contributed by atoms with Gasteiger partial charge in [-0.1, -0.05) is 19.1 Å². The molecule has 0 spiro atoms. The van der Waals surface area contributed by atoms with Gasteiger partial charge in [0.2, 0.25) is 5.91 Å². The number of methoxy groups -OCH3 is 1. The molecule has 2 aromatic rings. The van der Waals surface area contributed by atoms with Crippen molar-refractivity contribution in [1.82, 2.24) is 14.9 Å². The molecule has 0 saturated carbocycles. The standard InChI is InChI=1S/C17H23N3O2/c1-4-16-18-9-11-20(16)10-8-17(21)19-13(2)14-6-5-7-15(12-14)22-3/h5-7,9,11-13H,4,8,10H2,1-3H3,(H,19,21)/t13-/m1/s1. The van der Waals surface area contributed by atoms with E-state index in [-0.39, 0.29) is 11.9 Å². The Kier molecular flexibility index (Phi) is 5.58. The minimum atomic E-state index is -0.0453. The summed E-state index contributed by atoms with van der Waals surface area (Å²) < 4.78 is 7.23. The number of carbonyl (C=O) groups is 1. The molecule has 0 fully saturated rings. The lowest BCUT2D eigenvalue weighted by Crippen LogP contribution is -2.27. The van der Waals surface area contributed by atoms with Crippen LogP contribution in [0.15, 0.2) is 36.7 Å². The minimum Gasteiger partial charge on any atom is -0.497 e. The number of benzene rings is 1. The molecule has 0 aliphatic heterocycles. The second-order valence-corrected chi connectivity index (χ2v) is 5.21. The summed E-state index contributed by atoms with van der Waals surface area (Å²) in [7, 11) is 1.64. The van der Waals surface area contributed by atoms with Gasteiger partial charge in [0.05, 0.1) is 13.2 Å². The van der Waals surface area contributed by atoms with Crippen LogP contribution in [0.3, 0.4) is 0 Å². The highest BCUT2D eigenvalue weighted by atomic mass is 16.5. The molecule has 1 N–H and O–H groups in total. The normalized spacial score (nSPS) is 12.0. The van der Waals surface area contributed by atoms with Gasteiger partial charge in [0.15, 0.2) is 0 Å². The van der Waals surface area contributed by atoms with Crippen molar-refractivity contribution in [2.24, 2.45) is 0 Å². The Bertz CT molecular complexity index is 622. The number of amides is 1. The fourth-order valence-corrected chi connectivity index (χ4v) is 2.39. The third kappa shape index (κ3) is 4.10. The number of hydrogen-bond acceptors (Lipinski definition) is 3. The van der Waals surface area contributed by atoms with Crippen LogP contribution >= 0.6 is 0 Å². The van der Waals surface area contributed by atoms with Crippen molar-refractivity contribution in [1.29, 1.82) is 0 Å². The largest absolute Gasteiger partial charge is 0.497 e. The number of nitrogens with one attached hydrogen (secondary N) is 1. The number of carbonyl (C=O) groups excluding carboxylic acids is 1. The predicted molar refractivity (Wildman–Crippen MR) is 85.8 cm³/mol. The molecule has 0 bridgehead atoms. The van der Waals surface area contributed by atoms with Gasteiger partial charge in [-0.3, -0.25) is 4.79 Å². The average Bonchev–Trinajstić information content (AvgIpc) is 3.00. The third-order valence-electron chi connectivity index (χ3n) is 3.67. The molecule has 22 heavy (non-hydrogen) atoms. The quantitative estimate of drug-likeness (QED) is 0.855. The van der Waals surface area contributed by atoms with E-state index in [0.29, 0.717) is 13.0 Å². The molecular weight excluding hydrogens is 278 g/mol. The van der Waals surface area contributed by atoms with Crippen molar-refractivity contribution >= 4 is 5.91 Å². The monoisotopic (exact) mass is 301 g/mol. The maximum absolute atomic E-state index is 12.1. The van der Waals surface area contributed by atoms with Crippen molar-refractivity contribution in [3.63, 3.8) is 0 Å². The van der Waals surface area contributed by atoms with Gasteiger partial charge in [-0.05, 0) is 24.6 Å². The summed E-state index contributed by atoms with van der Waals surface area (Å²) in [5, 5.41) is 3.02. The van der Waals surface area contributed by atoms with Crippen LogP contribution in [0, 0.1) is 0 Å². The molecule has 0 radical (unpaired) electrons. The zero-order chi connectivity index (χ0) is 15.9. The van der Waals surface area contributed by atoms with Crippen LogP contribution in [-0.2, 0) is 17.8 Å². The zero-order valence-corrected chi connectivity index (χ0v) is 13.4. The van der Waals surface area contributed by atoms with E-state index in [0.717, 1.165) is 23.6 Å². The fraction of sp³-hybridized carbons (Fsp3) is 0.412. The molecule has 0 aliphatic rings. The van der Waals surface area contributed by atoms with E-state index in [4.69, 9.17) is 4.74 Å². The third-order valence-corrected chi connectivity index (χ3v) is 3.67. The van der Waals surface area contributed by atoms with Gasteiger partial charge < -0.3 is 14.6 Å². The zero-order valence-electron chi connectivity index (χ0n) is 13.4. The van der Waals surface area contributed by atoms with Gasteiger partial charge in [-0.25, -0.2) is 4.98 Å². The van der Waals surface area contributed by atoms with Crippen LogP contribution < -0.4 is 10.1 Å². The highest BCUT2D eigenvalue weighted by Crippen LogP contribution is 2.18. The Morgan fingerprint density at radius 3 is 3.00 bits per heavy atom. The molecule has 5 nitrogen and oxygen atoms in total. The first-order valence-electron chi connectivity index (χ1n) is 7.57. The molecule has 1 atom stereocenters. The molecule has 0 saturated heterocycles. The maximum atomic E-state index is 12.1. The fourth-order valence-electron chi connectivity index (χ4n) is 2.39. The Morgan fingerprint density at radius 1 is 1.45 bits per heavy atom. The Hall–Kier alpha value is -2.30. The second kappa shape index (κ2) is 7.64. The molecule has 1 aromatic carbocycles. The number of aryl methyl sites for hydroxylation is 2. The first-order chi connectivity index (χ1) is 10.6. The van der Waals surface area contributed by atoms with Crippen molar-refractivity contribution in [2.75, 3.05) is 7.11 Å². The van der Waals surface area contributed by atoms with Crippen LogP contribution in [0.5, 0.6) is 5.75 Å². The summed E-state index contributed by atoms with van der Waals surface area (Å²) in [6, 6.07) is 7.70. The summed E-state index contributed by atoms with van der Waals surface area (Å²) in [6.45, 7) is 4.69. The van der Waals surface area contributed by atoms with E-state index < -0.39 is 0 Å². The van der Waals surface area contributed by atoms with E-state index in [1.54, 1.807) is 13.3 Å². The molecular formula is C17H23N3O2. The Morgan fingerprint density at radius 2 is 2.27 bits per heavy atom. The van der Waals surface area contributed by atoms with Gasteiger partial charge in [0, 0.05) is 31.8 Å². The van der Waals surface area contributed by atoms with E-state index >= 15 is 0 Å².